The van der Waals surface area contributed by atoms with Crippen LogP contribution in [0.2, 0.25) is 0 Å². The Kier molecular flexibility index (Phi) is 6.00. The monoisotopic (exact) mass is 440 g/mol. The largest absolute Gasteiger partial charge is 0.457 e. The van der Waals surface area contributed by atoms with Gasteiger partial charge in [-0.05, 0) is 37.1 Å². The Bertz CT molecular complexity index is 1430. The van der Waals surface area contributed by atoms with E-state index in [-0.39, 0.29) is 17.7 Å². The Balaban J connectivity index is 1.49. The highest BCUT2D eigenvalue weighted by Gasteiger charge is 2.19. The number of carbonyl (C=O) groups is 3. The van der Waals surface area contributed by atoms with Gasteiger partial charge in [-0.1, -0.05) is 54.6 Å². The van der Waals surface area contributed by atoms with Crippen LogP contribution in [0.15, 0.2) is 82.0 Å². The van der Waals surface area contributed by atoms with Gasteiger partial charge in [0, 0.05) is 28.1 Å². The van der Waals surface area contributed by atoms with Gasteiger partial charge in [-0.15, -0.1) is 0 Å². The van der Waals surface area contributed by atoms with Crippen molar-refractivity contribution >= 4 is 28.5 Å². The normalized spacial score (nSPS) is 10.7. The summed E-state index contributed by atoms with van der Waals surface area (Å²) in [5, 5.41) is 0.700. The van der Waals surface area contributed by atoms with Gasteiger partial charge < -0.3 is 9.15 Å². The smallest absolute Gasteiger partial charge is 0.338 e. The van der Waals surface area contributed by atoms with Crippen LogP contribution in [-0.4, -0.2) is 17.5 Å². The molecule has 0 bridgehead atoms. The minimum absolute atomic E-state index is 0.114. The summed E-state index contributed by atoms with van der Waals surface area (Å²) in [5.74, 6) is -1.89. The fraction of sp³-hybridized carbons (Fsp3) is 0.111. The van der Waals surface area contributed by atoms with E-state index in [0.717, 1.165) is 11.1 Å². The number of Topliss-reactive ketones (excluding diaryl/α,β-unsaturated/α-hetero) is 2. The third-order valence-corrected chi connectivity index (χ3v) is 5.50. The number of ether oxygens (including phenoxy) is 1. The second kappa shape index (κ2) is 9.04. The van der Waals surface area contributed by atoms with Crippen molar-refractivity contribution in [2.24, 2.45) is 0 Å². The van der Waals surface area contributed by atoms with E-state index >= 15 is 0 Å². The summed E-state index contributed by atoms with van der Waals surface area (Å²) in [4.78, 5) is 49.3. The molecule has 0 amide bonds. The summed E-state index contributed by atoms with van der Waals surface area (Å²) < 4.78 is 10.7. The predicted molar refractivity (Wildman–Crippen MR) is 123 cm³/mol. The number of esters is 1. The van der Waals surface area contributed by atoms with Gasteiger partial charge in [-0.3, -0.25) is 9.59 Å². The number of hydrogen-bond donors (Lipinski definition) is 0. The number of carbonyl (C=O) groups excluding carboxylic acids is 3. The molecule has 0 aliphatic rings. The van der Waals surface area contributed by atoms with Crippen LogP contribution in [0.3, 0.4) is 0 Å². The van der Waals surface area contributed by atoms with Gasteiger partial charge in [0.15, 0.2) is 0 Å². The van der Waals surface area contributed by atoms with Gasteiger partial charge in [0.2, 0.25) is 11.6 Å². The standard InChI is InChI=1S/C27H20O6/c1-16-8-13-22-21(14-23(28)33-26(22)17(16)2)15-32-27(31)20-11-9-19(10-12-20)25(30)24(29)18-6-4-3-5-7-18/h3-14H,15H2,1-2H3. The summed E-state index contributed by atoms with van der Waals surface area (Å²) in [6.45, 7) is 3.67. The molecule has 4 rings (SSSR count). The molecule has 33 heavy (non-hydrogen) atoms. The van der Waals surface area contributed by atoms with E-state index < -0.39 is 23.2 Å². The summed E-state index contributed by atoms with van der Waals surface area (Å²) in [5.41, 5.74) is 3.03. The first kappa shape index (κ1) is 21.9. The zero-order chi connectivity index (χ0) is 23.5. The van der Waals surface area contributed by atoms with Crippen LogP contribution in [0.5, 0.6) is 0 Å². The molecule has 0 N–H and O–H groups in total. The van der Waals surface area contributed by atoms with Gasteiger partial charge >= 0.3 is 11.6 Å². The fourth-order valence-corrected chi connectivity index (χ4v) is 3.48. The molecular weight excluding hydrogens is 420 g/mol. The molecule has 6 heteroatoms. The quantitative estimate of drug-likeness (QED) is 0.185. The topological polar surface area (TPSA) is 90.7 Å². The number of aryl methyl sites for hydroxylation is 2. The van der Waals surface area contributed by atoms with E-state index in [1.165, 1.54) is 30.3 Å². The average molecular weight is 440 g/mol. The minimum atomic E-state index is -0.658. The molecule has 0 fully saturated rings. The molecule has 1 heterocycles. The summed E-state index contributed by atoms with van der Waals surface area (Å²) >= 11 is 0. The molecule has 0 saturated heterocycles. The molecule has 0 atom stereocenters. The molecule has 1 aromatic heterocycles. The van der Waals surface area contributed by atoms with Crippen molar-refractivity contribution in [1.29, 1.82) is 0 Å². The zero-order valence-corrected chi connectivity index (χ0v) is 18.1. The summed E-state index contributed by atoms with van der Waals surface area (Å²) in [6, 6.07) is 19.0. The lowest BCUT2D eigenvalue weighted by Crippen LogP contribution is -2.14. The molecule has 164 valence electrons. The first-order chi connectivity index (χ1) is 15.8. The van der Waals surface area contributed by atoms with Crippen molar-refractivity contribution in [2.75, 3.05) is 0 Å². The van der Waals surface area contributed by atoms with E-state index in [1.807, 2.05) is 26.0 Å². The zero-order valence-electron chi connectivity index (χ0n) is 18.1. The molecule has 0 radical (unpaired) electrons. The summed E-state index contributed by atoms with van der Waals surface area (Å²) in [7, 11) is 0. The van der Waals surface area contributed by atoms with Crippen LogP contribution in [0, 0.1) is 13.8 Å². The van der Waals surface area contributed by atoms with E-state index in [0.29, 0.717) is 22.1 Å². The summed E-state index contributed by atoms with van der Waals surface area (Å²) in [6.07, 6.45) is 0. The lowest BCUT2D eigenvalue weighted by atomic mass is 10.0. The van der Waals surface area contributed by atoms with Crippen LogP contribution in [-0.2, 0) is 11.3 Å². The van der Waals surface area contributed by atoms with E-state index in [1.54, 1.807) is 30.3 Å². The molecule has 6 nitrogen and oxygen atoms in total. The highest BCUT2D eigenvalue weighted by atomic mass is 16.5. The number of rotatable bonds is 6. The first-order valence-electron chi connectivity index (χ1n) is 10.3. The minimum Gasteiger partial charge on any atom is -0.457 e. The van der Waals surface area contributed by atoms with Crippen LogP contribution >= 0.6 is 0 Å². The lowest BCUT2D eigenvalue weighted by Gasteiger charge is -2.10. The number of ketones is 2. The molecule has 4 aromatic rings. The van der Waals surface area contributed by atoms with Gasteiger partial charge in [-0.25, -0.2) is 9.59 Å². The second-order valence-electron chi connectivity index (χ2n) is 7.65. The van der Waals surface area contributed by atoms with Crippen LogP contribution in [0.1, 0.15) is 47.8 Å². The highest BCUT2D eigenvalue weighted by molar-refractivity contribution is 6.49. The maximum Gasteiger partial charge on any atom is 0.338 e. The van der Waals surface area contributed by atoms with Crippen molar-refractivity contribution < 1.29 is 23.5 Å². The first-order valence-corrected chi connectivity index (χ1v) is 10.3. The van der Waals surface area contributed by atoms with Gasteiger partial charge in [0.1, 0.15) is 12.2 Å². The van der Waals surface area contributed by atoms with E-state index in [9.17, 15) is 19.2 Å². The Morgan fingerprint density at radius 3 is 2.06 bits per heavy atom. The molecule has 3 aromatic carbocycles. The Morgan fingerprint density at radius 1 is 0.788 bits per heavy atom. The molecule has 0 saturated carbocycles. The maximum absolute atomic E-state index is 12.5. The fourth-order valence-electron chi connectivity index (χ4n) is 3.48. The van der Waals surface area contributed by atoms with Crippen molar-refractivity contribution in [3.05, 3.63) is 117 Å². The highest BCUT2D eigenvalue weighted by Crippen LogP contribution is 2.24. The van der Waals surface area contributed by atoms with E-state index in [4.69, 9.17) is 9.15 Å². The molecular formula is C27H20O6. The van der Waals surface area contributed by atoms with Crippen LogP contribution in [0.4, 0.5) is 0 Å². The van der Waals surface area contributed by atoms with Crippen molar-refractivity contribution in [1.82, 2.24) is 0 Å². The molecule has 0 spiro atoms. The number of hydrogen-bond acceptors (Lipinski definition) is 6. The Labute approximate surface area is 189 Å². The number of fused-ring (bicyclic) bond motifs is 1. The maximum atomic E-state index is 12.5. The molecule has 0 aliphatic heterocycles. The molecule has 0 aliphatic carbocycles. The van der Waals surface area contributed by atoms with Gasteiger partial charge in [-0.2, -0.15) is 0 Å². The van der Waals surface area contributed by atoms with Crippen molar-refractivity contribution in [2.45, 2.75) is 20.5 Å². The second-order valence-corrected chi connectivity index (χ2v) is 7.65. The van der Waals surface area contributed by atoms with Crippen molar-refractivity contribution in [3.8, 4) is 0 Å². The van der Waals surface area contributed by atoms with Crippen LogP contribution in [0.25, 0.3) is 11.0 Å². The van der Waals surface area contributed by atoms with Gasteiger partial charge in [0.05, 0.1) is 5.56 Å². The average Bonchev–Trinajstić information content (AvgIpc) is 2.84. The Hall–Kier alpha value is -4.32. The third kappa shape index (κ3) is 4.50. The lowest BCUT2D eigenvalue weighted by molar-refractivity contribution is 0.0473. The van der Waals surface area contributed by atoms with E-state index in [2.05, 4.69) is 0 Å². The molecule has 0 unspecified atom stereocenters. The SMILES string of the molecule is Cc1ccc2c(COC(=O)c3ccc(C(=O)C(=O)c4ccccc4)cc3)cc(=O)oc2c1C. The van der Waals surface area contributed by atoms with Crippen molar-refractivity contribution in [3.63, 3.8) is 0 Å². The predicted octanol–water partition coefficient (Wildman–Crippen LogP) is 4.83. The third-order valence-electron chi connectivity index (χ3n) is 5.50. The van der Waals surface area contributed by atoms with Gasteiger partial charge in [0.25, 0.3) is 0 Å². The Morgan fingerprint density at radius 2 is 1.39 bits per heavy atom. The number of benzene rings is 3. The van der Waals surface area contributed by atoms with Crippen LogP contribution < -0.4 is 5.63 Å².